The van der Waals surface area contributed by atoms with Crippen LogP contribution in [-0.4, -0.2) is 29.8 Å². The number of nitrogens with two attached hydrogens (primary N) is 14. The van der Waals surface area contributed by atoms with E-state index in [1.807, 2.05) is 198 Å². The highest BCUT2D eigenvalue weighted by molar-refractivity contribution is 5.94. The molecule has 0 aliphatic rings. The van der Waals surface area contributed by atoms with Gasteiger partial charge in [-0.15, -0.1) is 10.2 Å². The Bertz CT molecular complexity index is 7020. The number of anilines is 14. The van der Waals surface area contributed by atoms with Gasteiger partial charge in [-0.1, -0.05) is 0 Å². The number of carboxylic acids is 1. The Morgan fingerprint density at radius 2 is 0.559 bits per heavy atom. The number of methoxy groups -OCH3 is 1. The van der Waals surface area contributed by atoms with E-state index in [1.54, 1.807) is 116 Å². The van der Waals surface area contributed by atoms with Crippen LogP contribution in [0, 0.1) is 34.6 Å². The second-order valence-electron chi connectivity index (χ2n) is 31.4. The number of hydrogen-bond donors (Lipinski definition) is 16. The van der Waals surface area contributed by atoms with E-state index in [-0.39, 0.29) is 47.1 Å². The summed E-state index contributed by atoms with van der Waals surface area (Å²) in [5.74, 6) is 2.42. The highest BCUT2D eigenvalue weighted by Crippen LogP contribution is 2.41. The van der Waals surface area contributed by atoms with Gasteiger partial charge in [0.2, 0.25) is 0 Å². The largest absolute Gasteiger partial charge is 0.494 e. The maximum Gasteiger partial charge on any atom is 0.418 e. The van der Waals surface area contributed by atoms with Crippen molar-refractivity contribution in [3.05, 3.63) is 372 Å². The first-order chi connectivity index (χ1) is 69.4. The van der Waals surface area contributed by atoms with Crippen LogP contribution >= 0.6 is 0 Å². The normalized spacial score (nSPS) is 11.0. The third-order valence-corrected chi connectivity index (χ3v) is 20.0. The molecule has 0 radical (unpaired) electrons. The Hall–Kier alpha value is -20.0. The fourth-order valence-corrected chi connectivity index (χ4v) is 12.2. The second kappa shape index (κ2) is 52.5. The van der Waals surface area contributed by atoms with Gasteiger partial charge in [-0.25, -0.2) is 4.79 Å². The molecule has 0 spiro atoms. The van der Waals surface area contributed by atoms with Crippen LogP contribution < -0.4 is 99.2 Å². The van der Waals surface area contributed by atoms with Crippen LogP contribution in [0.1, 0.15) is 49.3 Å². The number of hydrogen-bond acceptors (Lipinski definition) is 35. The molecule has 0 amide bonds. The average Bonchev–Trinajstić information content (AvgIpc) is 0.817. The SMILES string of the molecule is COc1cc(N)ccc1N=Nc1ccc(N)cc1CO.Cc1cc(N)ccc1N=Nc1ccc(N)cc1C.Cc1cc(N)ccc1N=Nc1ccc(N)cc1C(F)(F)F.Cc1cc(N=Nc2ccc(N)c(C)c2)ccc1N.Nc1ccc(N=Nc2ccc(N)c(C(=O)O)c2)cc1OC=O.Nc1ccc(N=Nc2ccc(N)cc2)cc1.Nc1ccc(Oc2ccc(N=Nc3ccc(Oc4ccc(N)cc4)cc3)cc2)cc1. The number of rotatable bonds is 23. The number of aryl methyl sites for hydroxylation is 5. The highest BCUT2D eigenvalue weighted by atomic mass is 19.4. The molecule has 30 N–H and O–H groups in total. The van der Waals surface area contributed by atoms with Gasteiger partial charge >= 0.3 is 12.1 Å². The van der Waals surface area contributed by atoms with Gasteiger partial charge in [0.15, 0.2) is 5.75 Å². The van der Waals surface area contributed by atoms with Crippen LogP contribution in [0.25, 0.3) is 0 Å². The van der Waals surface area contributed by atoms with Gasteiger partial charge in [0.05, 0.1) is 104 Å². The number of aliphatic hydroxyl groups excluding tert-OH is 1. The monoisotopic (exact) mass is 1950 g/mol. The average molecular weight is 1960 g/mol. The topological polar surface area (TPSA) is 649 Å². The fraction of sp³-hybridized carbons (Fsp3) is 0.0755. The van der Waals surface area contributed by atoms with Crippen LogP contribution in [0.5, 0.6) is 34.5 Å². The van der Waals surface area contributed by atoms with E-state index in [0.29, 0.717) is 91.1 Å². The molecule has 39 heteroatoms. The summed E-state index contributed by atoms with van der Waals surface area (Å²) < 4.78 is 60.2. The number of azo groups is 7. The van der Waals surface area contributed by atoms with E-state index in [2.05, 4.69) is 71.6 Å². The molecule has 0 fully saturated rings. The van der Waals surface area contributed by atoms with Crippen molar-refractivity contribution >= 4 is 172 Å². The Morgan fingerprint density at radius 1 is 0.283 bits per heavy atom. The number of ether oxygens (including phenoxy) is 4. The summed E-state index contributed by atoms with van der Waals surface area (Å²) in [6.07, 6.45) is -4.54. The van der Waals surface area contributed by atoms with Crippen LogP contribution in [0.4, 0.5) is 172 Å². The predicted molar refractivity (Wildman–Crippen MR) is 569 cm³/mol. The molecule has 0 aromatic heterocycles. The fourth-order valence-electron chi connectivity index (χ4n) is 12.2. The van der Waals surface area contributed by atoms with Crippen molar-refractivity contribution in [2.24, 2.45) is 71.6 Å². The summed E-state index contributed by atoms with van der Waals surface area (Å²) in [6.45, 7) is 9.66. The number of carbonyl (C=O) groups is 2. The molecule has 16 aromatic carbocycles. The van der Waals surface area contributed by atoms with Gasteiger partial charge in [0.1, 0.15) is 34.4 Å². The minimum atomic E-state index is -4.54. The third-order valence-electron chi connectivity index (χ3n) is 20.0. The molecule has 145 heavy (non-hydrogen) atoms. The summed E-state index contributed by atoms with van der Waals surface area (Å²) in [5, 5.41) is 75.4. The number of nitrogens with zero attached hydrogens (tertiary/aromatic N) is 14. The first kappa shape index (κ1) is 107. The molecule has 0 atom stereocenters. The lowest BCUT2D eigenvalue weighted by molar-refractivity contribution is -0.137. The molecule has 0 bridgehead atoms. The standard InChI is InChI=1S/C24H20N4O2.C14H13F3N4.C14H12N4O4.C14H16N4O2.2C14H16N4.C12H12N4/c25-17-1-9-21(10-2-17)29-23-13-5-19(6-14-23)27-28-20-7-15-24(16-8-20)30-22-11-3-18(26)4-12-22;1-8-6-9(18)2-4-12(8)20-21-13-5-3-10(19)7-11(13)14(15,16)17;15-11-3-1-8(5-10(11)14(20)21)17-18-9-2-4-12(16)13(6-9)22-7-19;1-20-14-7-11(16)3-5-13(14)18-17-12-4-2-10(15)6-9(12)8-19;1-9-7-11(3-5-13(9)15)17-18-12-4-6-14(16)10(2)8-12;1-9-7-11(15)3-5-13(9)17-18-14-6-4-12(16)8-10(14)2;13-9-1-5-11(6-2-9)15-16-12-7-3-10(14)4-8-12/h1-16H,25-26H2;2-7H,18-19H2,1H3;1-7H,15-16H2,(H,20,21);2-7,19H,8,15-16H2,1H3;2*3-8H,15-16H2,1-2H3;1-8H,13-14H2. The number of nitrogen functional groups attached to an aromatic ring is 14. The Balaban J connectivity index is 0.000000175. The summed E-state index contributed by atoms with van der Waals surface area (Å²) >= 11 is 0. The Kier molecular flexibility index (Phi) is 38.8. The minimum absolute atomic E-state index is 0.0185. The number of aliphatic hydroxyl groups is 1. The first-order valence-electron chi connectivity index (χ1n) is 43.6. The van der Waals surface area contributed by atoms with Gasteiger partial charge in [-0.2, -0.15) is 74.5 Å². The van der Waals surface area contributed by atoms with Crippen molar-refractivity contribution in [2.45, 2.75) is 47.4 Å². The lowest BCUT2D eigenvalue weighted by Crippen LogP contribution is -2.05. The number of alkyl halides is 3. The minimum Gasteiger partial charge on any atom is -0.494 e. The van der Waals surface area contributed by atoms with Crippen LogP contribution in [0.2, 0.25) is 0 Å². The number of carbonyl (C=O) groups excluding carboxylic acids is 1. The molecule has 0 saturated carbocycles. The maximum atomic E-state index is 12.9. The molecule has 0 aliphatic carbocycles. The van der Waals surface area contributed by atoms with Crippen molar-refractivity contribution in [3.8, 4) is 34.5 Å². The molecule has 16 aromatic rings. The number of aromatic carboxylic acids is 1. The zero-order chi connectivity index (χ0) is 105. The van der Waals surface area contributed by atoms with Crippen molar-refractivity contribution in [3.63, 3.8) is 0 Å². The van der Waals surface area contributed by atoms with Gasteiger partial charge in [0.25, 0.3) is 6.47 Å². The molecular weight excluding hydrogens is 1850 g/mol. The predicted octanol–water partition coefficient (Wildman–Crippen LogP) is 27.7. The molecule has 36 nitrogen and oxygen atoms in total. The Labute approximate surface area is 832 Å². The van der Waals surface area contributed by atoms with Gasteiger partial charge in [-0.05, 0) is 378 Å². The van der Waals surface area contributed by atoms with E-state index in [1.165, 1.54) is 49.6 Å². The maximum absolute atomic E-state index is 12.9. The third kappa shape index (κ3) is 34.9. The van der Waals surface area contributed by atoms with E-state index in [9.17, 15) is 27.9 Å². The molecule has 16 rings (SSSR count). The summed E-state index contributed by atoms with van der Waals surface area (Å²) in [6, 6.07) is 93.1. The van der Waals surface area contributed by atoms with Crippen LogP contribution in [-0.2, 0) is 17.6 Å². The lowest BCUT2D eigenvalue weighted by Gasteiger charge is -2.10. The highest BCUT2D eigenvalue weighted by Gasteiger charge is 2.34. The molecule has 0 saturated heterocycles. The summed E-state index contributed by atoms with van der Waals surface area (Å²) in [5.41, 5.74) is 99.4. The second-order valence-corrected chi connectivity index (χ2v) is 31.4. The van der Waals surface area contributed by atoms with Crippen molar-refractivity contribution < 1.29 is 51.9 Å². The number of halogens is 3. The van der Waals surface area contributed by atoms with E-state index >= 15 is 0 Å². The van der Waals surface area contributed by atoms with E-state index in [0.717, 1.165) is 114 Å². The molecule has 738 valence electrons. The molecule has 0 unspecified atom stereocenters. The van der Waals surface area contributed by atoms with E-state index in [4.69, 9.17) is 104 Å². The van der Waals surface area contributed by atoms with Gasteiger partial charge in [-0.3, -0.25) is 4.79 Å². The number of carboxylic acid groups (broad SMARTS) is 1. The van der Waals surface area contributed by atoms with Crippen molar-refractivity contribution in [1.29, 1.82) is 0 Å². The smallest absolute Gasteiger partial charge is 0.418 e. The molecule has 0 aliphatic heterocycles. The van der Waals surface area contributed by atoms with Gasteiger partial charge in [0, 0.05) is 91.6 Å². The van der Waals surface area contributed by atoms with E-state index < -0.39 is 17.7 Å². The quantitative estimate of drug-likeness (QED) is 0.0161. The lowest BCUT2D eigenvalue weighted by atomic mass is 10.1. The summed E-state index contributed by atoms with van der Waals surface area (Å²) in [7, 11) is 1.54. The Morgan fingerprint density at radius 3 is 0.917 bits per heavy atom. The van der Waals surface area contributed by atoms with Gasteiger partial charge < -0.3 is 109 Å². The zero-order valence-corrected chi connectivity index (χ0v) is 79.3. The van der Waals surface area contributed by atoms with Crippen LogP contribution in [0.15, 0.2) is 399 Å². The number of benzene rings is 16. The zero-order valence-electron chi connectivity index (χ0n) is 79.3. The van der Waals surface area contributed by atoms with Crippen molar-refractivity contribution in [1.82, 2.24) is 0 Å². The molecular formula is C106H105F3N28O8. The van der Waals surface area contributed by atoms with Crippen LogP contribution in [0.3, 0.4) is 0 Å². The first-order valence-corrected chi connectivity index (χ1v) is 43.6. The summed E-state index contributed by atoms with van der Waals surface area (Å²) in [4.78, 5) is 21.3. The molecule has 0 heterocycles. The van der Waals surface area contributed by atoms with Crippen molar-refractivity contribution in [2.75, 3.05) is 87.4 Å².